The van der Waals surface area contributed by atoms with Crippen molar-refractivity contribution in [3.05, 3.63) is 42.5 Å². The summed E-state index contributed by atoms with van der Waals surface area (Å²) in [5.41, 5.74) is 2.00. The first-order chi connectivity index (χ1) is 8.86. The van der Waals surface area contributed by atoms with Gasteiger partial charge in [-0.05, 0) is 18.6 Å². The summed E-state index contributed by atoms with van der Waals surface area (Å²) in [4.78, 5) is 15.2. The predicted octanol–water partition coefficient (Wildman–Crippen LogP) is 2.85. The van der Waals surface area contributed by atoms with E-state index >= 15 is 0 Å². The highest BCUT2D eigenvalue weighted by atomic mass is 15.2. The summed E-state index contributed by atoms with van der Waals surface area (Å²) >= 11 is 0. The van der Waals surface area contributed by atoms with Gasteiger partial charge >= 0.3 is 0 Å². The summed E-state index contributed by atoms with van der Waals surface area (Å²) in [5, 5.41) is 3.36. The molecule has 18 heavy (non-hydrogen) atoms. The van der Waals surface area contributed by atoms with Crippen LogP contribution in [0.25, 0.3) is 11.0 Å². The highest BCUT2D eigenvalue weighted by Crippen LogP contribution is 2.20. The highest BCUT2D eigenvalue weighted by molar-refractivity contribution is 5.77. The van der Waals surface area contributed by atoms with Gasteiger partial charge in [0.1, 0.15) is 5.82 Å². The summed E-state index contributed by atoms with van der Waals surface area (Å²) in [5.74, 6) is 1.71. The summed E-state index contributed by atoms with van der Waals surface area (Å²) in [6, 6.07) is 8.12. The average molecular weight is 241 g/mol. The first-order valence-corrected chi connectivity index (χ1v) is 6.07. The van der Waals surface area contributed by atoms with Crippen molar-refractivity contribution in [2.45, 2.75) is 19.4 Å². The number of hydrogen-bond acceptors (Lipinski definition) is 3. The molecule has 0 aliphatic carbocycles. The maximum atomic E-state index is 4.50. The Morgan fingerprint density at radius 3 is 2.94 bits per heavy atom. The lowest BCUT2D eigenvalue weighted by Gasteiger charge is -2.13. The van der Waals surface area contributed by atoms with Crippen molar-refractivity contribution in [2.75, 3.05) is 5.32 Å². The van der Waals surface area contributed by atoms with E-state index in [4.69, 9.17) is 0 Å². The Bertz CT molecular complexity index is 593. The molecule has 5 nitrogen and oxygen atoms in total. The zero-order chi connectivity index (χ0) is 12.4. The Morgan fingerprint density at radius 1 is 1.33 bits per heavy atom. The van der Waals surface area contributed by atoms with Gasteiger partial charge < -0.3 is 15.3 Å². The van der Waals surface area contributed by atoms with Crippen LogP contribution >= 0.6 is 0 Å². The number of imidazole rings is 2. The Labute approximate surface area is 105 Å². The second-order valence-electron chi connectivity index (χ2n) is 4.18. The molecule has 2 aromatic heterocycles. The van der Waals surface area contributed by atoms with Gasteiger partial charge in [0.25, 0.3) is 0 Å². The average Bonchev–Trinajstić information content (AvgIpc) is 3.04. The maximum absolute atomic E-state index is 4.50. The molecule has 3 N–H and O–H groups in total. The molecule has 2 heterocycles. The second kappa shape index (κ2) is 4.52. The summed E-state index contributed by atoms with van der Waals surface area (Å²) in [6.07, 6.45) is 4.53. The van der Waals surface area contributed by atoms with E-state index < -0.39 is 0 Å². The largest absolute Gasteiger partial charge is 0.347 e. The van der Waals surface area contributed by atoms with Crippen LogP contribution in [0.15, 0.2) is 36.7 Å². The van der Waals surface area contributed by atoms with E-state index in [1.54, 1.807) is 6.20 Å². The molecule has 5 heteroatoms. The molecule has 0 fully saturated rings. The summed E-state index contributed by atoms with van der Waals surface area (Å²) < 4.78 is 0. The first-order valence-electron chi connectivity index (χ1n) is 6.07. The number of H-pyrrole nitrogens is 2. The van der Waals surface area contributed by atoms with Crippen LogP contribution in [0.4, 0.5) is 5.95 Å². The van der Waals surface area contributed by atoms with Gasteiger partial charge in [-0.2, -0.15) is 0 Å². The fourth-order valence-corrected chi connectivity index (χ4v) is 2.02. The third-order valence-corrected chi connectivity index (χ3v) is 2.96. The van der Waals surface area contributed by atoms with Crippen molar-refractivity contribution < 1.29 is 0 Å². The highest BCUT2D eigenvalue weighted by Gasteiger charge is 2.13. The number of rotatable bonds is 4. The maximum Gasteiger partial charge on any atom is 0.201 e. The van der Waals surface area contributed by atoms with E-state index in [9.17, 15) is 0 Å². The minimum absolute atomic E-state index is 0.139. The molecule has 0 radical (unpaired) electrons. The minimum Gasteiger partial charge on any atom is -0.347 e. The molecule has 92 valence electrons. The number of hydrogen-bond donors (Lipinski definition) is 3. The zero-order valence-corrected chi connectivity index (χ0v) is 10.1. The Kier molecular flexibility index (Phi) is 2.72. The van der Waals surface area contributed by atoms with Crippen molar-refractivity contribution in [3.8, 4) is 0 Å². The SMILES string of the molecule is CCC(Nc1nc2ccccc2[nH]1)c1ncc[nH]1. The van der Waals surface area contributed by atoms with Crippen LogP contribution in [0.5, 0.6) is 0 Å². The number of fused-ring (bicyclic) bond motifs is 1. The Morgan fingerprint density at radius 2 is 2.22 bits per heavy atom. The minimum atomic E-state index is 0.139. The van der Waals surface area contributed by atoms with E-state index in [-0.39, 0.29) is 6.04 Å². The lowest BCUT2D eigenvalue weighted by atomic mass is 10.2. The van der Waals surface area contributed by atoms with Crippen LogP contribution in [0.1, 0.15) is 25.2 Å². The van der Waals surface area contributed by atoms with Gasteiger partial charge in [0.15, 0.2) is 0 Å². The molecule has 1 atom stereocenters. The van der Waals surface area contributed by atoms with Gasteiger partial charge in [0.05, 0.1) is 17.1 Å². The zero-order valence-electron chi connectivity index (χ0n) is 10.1. The van der Waals surface area contributed by atoms with Crippen LogP contribution in [0.2, 0.25) is 0 Å². The van der Waals surface area contributed by atoms with E-state index in [0.29, 0.717) is 0 Å². The first kappa shape index (κ1) is 10.8. The van der Waals surface area contributed by atoms with Crippen LogP contribution < -0.4 is 5.32 Å². The van der Waals surface area contributed by atoms with Gasteiger partial charge in [-0.15, -0.1) is 0 Å². The fraction of sp³-hybridized carbons (Fsp3) is 0.231. The molecular weight excluding hydrogens is 226 g/mol. The number of nitrogens with one attached hydrogen (secondary N) is 3. The quantitative estimate of drug-likeness (QED) is 0.657. The van der Waals surface area contributed by atoms with Crippen LogP contribution in [-0.4, -0.2) is 19.9 Å². The van der Waals surface area contributed by atoms with E-state index in [2.05, 4.69) is 32.2 Å². The molecule has 0 spiro atoms. The van der Waals surface area contributed by atoms with Crippen LogP contribution in [0.3, 0.4) is 0 Å². The van der Waals surface area contributed by atoms with Gasteiger partial charge in [0, 0.05) is 12.4 Å². The molecular formula is C13H15N5. The predicted molar refractivity (Wildman–Crippen MR) is 71.3 cm³/mol. The fourth-order valence-electron chi connectivity index (χ4n) is 2.02. The third-order valence-electron chi connectivity index (χ3n) is 2.96. The number of benzene rings is 1. The number of aromatic amines is 2. The molecule has 0 bridgehead atoms. The van der Waals surface area contributed by atoms with E-state index in [0.717, 1.165) is 29.2 Å². The topological polar surface area (TPSA) is 69.4 Å². The Balaban J connectivity index is 1.86. The second-order valence-corrected chi connectivity index (χ2v) is 4.18. The number of aromatic nitrogens is 4. The van der Waals surface area contributed by atoms with Crippen molar-refractivity contribution in [2.24, 2.45) is 0 Å². The Hall–Kier alpha value is -2.30. The molecule has 1 unspecified atom stereocenters. The van der Waals surface area contributed by atoms with Crippen LogP contribution in [-0.2, 0) is 0 Å². The molecule has 3 aromatic rings. The normalized spacial score (nSPS) is 12.7. The van der Waals surface area contributed by atoms with Crippen molar-refractivity contribution in [1.82, 2.24) is 19.9 Å². The molecule has 3 rings (SSSR count). The third kappa shape index (κ3) is 1.95. The van der Waals surface area contributed by atoms with E-state index in [1.807, 2.05) is 30.5 Å². The lowest BCUT2D eigenvalue weighted by Crippen LogP contribution is -2.12. The van der Waals surface area contributed by atoms with E-state index in [1.165, 1.54) is 0 Å². The number of anilines is 1. The molecule has 0 saturated heterocycles. The van der Waals surface area contributed by atoms with Crippen molar-refractivity contribution in [1.29, 1.82) is 0 Å². The van der Waals surface area contributed by atoms with Gasteiger partial charge in [-0.1, -0.05) is 19.1 Å². The standard InChI is InChI=1S/C13H15N5/c1-2-9(12-14-7-8-15-12)16-13-17-10-5-3-4-6-11(10)18-13/h3-9H,2H2,1H3,(H,14,15)(H2,16,17,18). The molecule has 1 aromatic carbocycles. The van der Waals surface area contributed by atoms with Crippen molar-refractivity contribution >= 4 is 17.0 Å². The van der Waals surface area contributed by atoms with Gasteiger partial charge in [-0.25, -0.2) is 9.97 Å². The number of para-hydroxylation sites is 2. The lowest BCUT2D eigenvalue weighted by molar-refractivity contribution is 0.698. The van der Waals surface area contributed by atoms with Crippen LogP contribution in [0, 0.1) is 0 Å². The molecule has 0 aliphatic rings. The van der Waals surface area contributed by atoms with Gasteiger partial charge in [0.2, 0.25) is 5.95 Å². The van der Waals surface area contributed by atoms with Gasteiger partial charge in [-0.3, -0.25) is 0 Å². The summed E-state index contributed by atoms with van der Waals surface area (Å²) in [7, 11) is 0. The molecule has 0 aliphatic heterocycles. The molecule has 0 amide bonds. The van der Waals surface area contributed by atoms with Crippen molar-refractivity contribution in [3.63, 3.8) is 0 Å². The molecule has 0 saturated carbocycles. The monoisotopic (exact) mass is 241 g/mol. The number of nitrogens with zero attached hydrogens (tertiary/aromatic N) is 2. The smallest absolute Gasteiger partial charge is 0.201 e. The summed E-state index contributed by atoms with van der Waals surface area (Å²) in [6.45, 7) is 2.11.